The lowest BCUT2D eigenvalue weighted by Gasteiger charge is -2.35. The van der Waals surface area contributed by atoms with Gasteiger partial charge in [-0.1, -0.05) is 6.42 Å². The third kappa shape index (κ3) is 5.02. The van der Waals surface area contributed by atoms with Gasteiger partial charge in [0, 0.05) is 44.3 Å². The van der Waals surface area contributed by atoms with Crippen molar-refractivity contribution in [1.29, 1.82) is 0 Å². The van der Waals surface area contributed by atoms with Gasteiger partial charge < -0.3 is 16.0 Å². The maximum absolute atomic E-state index is 12.9. The minimum Gasteiger partial charge on any atom is -0.340 e. The predicted octanol–water partition coefficient (Wildman–Crippen LogP) is 1.43. The van der Waals surface area contributed by atoms with Crippen LogP contribution < -0.4 is 11.1 Å². The fourth-order valence-corrected chi connectivity index (χ4v) is 3.76. The summed E-state index contributed by atoms with van der Waals surface area (Å²) in [6.07, 6.45) is 3.74. The first-order valence-electron chi connectivity index (χ1n) is 9.32. The standard InChI is InChI=1S/C19H27FN4O2/c20-15-4-6-16(7-5-15)22-18(25)13-23-8-10-24(11-9-23)19(26)12-14-2-1-3-17(14)21/h4-7,14,17H,1-3,8-13,21H2,(H,22,25)/t14-,17+/m0/s1. The number of benzene rings is 1. The summed E-state index contributed by atoms with van der Waals surface area (Å²) in [5.74, 6) is 0.0421. The highest BCUT2D eigenvalue weighted by Crippen LogP contribution is 2.27. The molecule has 0 unspecified atom stereocenters. The summed E-state index contributed by atoms with van der Waals surface area (Å²) < 4.78 is 12.9. The number of hydrogen-bond acceptors (Lipinski definition) is 4. The number of halogens is 1. The zero-order valence-corrected chi connectivity index (χ0v) is 15.0. The van der Waals surface area contributed by atoms with E-state index in [0.717, 1.165) is 19.3 Å². The minimum absolute atomic E-state index is 0.131. The molecule has 2 amide bonds. The quantitative estimate of drug-likeness (QED) is 0.831. The number of hydrogen-bond donors (Lipinski definition) is 2. The fourth-order valence-electron chi connectivity index (χ4n) is 3.76. The Morgan fingerprint density at radius 1 is 1.12 bits per heavy atom. The number of nitrogens with two attached hydrogens (primary N) is 1. The van der Waals surface area contributed by atoms with Crippen LogP contribution in [0.2, 0.25) is 0 Å². The lowest BCUT2D eigenvalue weighted by Crippen LogP contribution is -2.51. The Hall–Kier alpha value is -1.99. The molecule has 26 heavy (non-hydrogen) atoms. The third-order valence-corrected chi connectivity index (χ3v) is 5.37. The van der Waals surface area contributed by atoms with Gasteiger partial charge in [0.05, 0.1) is 6.54 Å². The molecule has 0 spiro atoms. The van der Waals surface area contributed by atoms with Crippen molar-refractivity contribution in [2.75, 3.05) is 38.0 Å². The van der Waals surface area contributed by atoms with Crippen LogP contribution in [0.3, 0.4) is 0 Å². The second-order valence-corrected chi connectivity index (χ2v) is 7.27. The predicted molar refractivity (Wildman–Crippen MR) is 98.0 cm³/mol. The highest BCUT2D eigenvalue weighted by molar-refractivity contribution is 5.92. The van der Waals surface area contributed by atoms with Crippen LogP contribution in [0.25, 0.3) is 0 Å². The molecule has 1 aliphatic carbocycles. The molecule has 142 valence electrons. The number of carbonyl (C=O) groups excluding carboxylic acids is 2. The Balaban J connectivity index is 1.39. The van der Waals surface area contributed by atoms with E-state index in [1.807, 2.05) is 9.80 Å². The number of rotatable bonds is 5. The molecule has 1 aliphatic heterocycles. The Morgan fingerprint density at radius 2 is 1.81 bits per heavy atom. The van der Waals surface area contributed by atoms with Crippen LogP contribution >= 0.6 is 0 Å². The van der Waals surface area contributed by atoms with Crippen LogP contribution in [0, 0.1) is 11.7 Å². The molecule has 0 radical (unpaired) electrons. The molecule has 1 aromatic rings. The van der Waals surface area contributed by atoms with E-state index in [-0.39, 0.29) is 30.2 Å². The Morgan fingerprint density at radius 3 is 2.42 bits per heavy atom. The van der Waals surface area contributed by atoms with Gasteiger partial charge in [-0.25, -0.2) is 4.39 Å². The molecule has 2 fully saturated rings. The van der Waals surface area contributed by atoms with Crippen molar-refractivity contribution >= 4 is 17.5 Å². The normalized spacial score (nSPS) is 23.8. The van der Waals surface area contributed by atoms with E-state index >= 15 is 0 Å². The number of nitrogens with zero attached hydrogens (tertiary/aromatic N) is 2. The molecule has 2 aliphatic rings. The van der Waals surface area contributed by atoms with Crippen LogP contribution in [-0.2, 0) is 9.59 Å². The van der Waals surface area contributed by atoms with Crippen LogP contribution in [0.1, 0.15) is 25.7 Å². The summed E-state index contributed by atoms with van der Waals surface area (Å²) in [4.78, 5) is 28.5. The summed E-state index contributed by atoms with van der Waals surface area (Å²) >= 11 is 0. The second-order valence-electron chi connectivity index (χ2n) is 7.27. The Bertz CT molecular complexity index is 629. The lowest BCUT2D eigenvalue weighted by molar-refractivity contribution is -0.134. The third-order valence-electron chi connectivity index (χ3n) is 5.37. The number of carbonyl (C=O) groups is 2. The van der Waals surface area contributed by atoms with E-state index in [1.54, 1.807) is 0 Å². The van der Waals surface area contributed by atoms with Gasteiger partial charge in [-0.3, -0.25) is 14.5 Å². The molecule has 1 saturated heterocycles. The van der Waals surface area contributed by atoms with Gasteiger partial charge in [-0.05, 0) is 43.0 Å². The number of anilines is 1. The highest BCUT2D eigenvalue weighted by Gasteiger charge is 2.29. The molecule has 0 bridgehead atoms. The molecule has 1 aromatic carbocycles. The topological polar surface area (TPSA) is 78.7 Å². The van der Waals surface area contributed by atoms with Crippen LogP contribution in [0.5, 0.6) is 0 Å². The maximum atomic E-state index is 12.9. The molecule has 0 aromatic heterocycles. The van der Waals surface area contributed by atoms with E-state index in [0.29, 0.717) is 44.2 Å². The average molecular weight is 362 g/mol. The molecule has 6 nitrogen and oxygen atoms in total. The van der Waals surface area contributed by atoms with Gasteiger partial charge in [0.2, 0.25) is 11.8 Å². The summed E-state index contributed by atoms with van der Waals surface area (Å²) in [6.45, 7) is 2.92. The average Bonchev–Trinajstić information content (AvgIpc) is 3.02. The molecular formula is C19H27FN4O2. The van der Waals surface area contributed by atoms with Gasteiger partial charge in [-0.15, -0.1) is 0 Å². The lowest BCUT2D eigenvalue weighted by atomic mass is 9.99. The van der Waals surface area contributed by atoms with E-state index in [1.165, 1.54) is 24.3 Å². The van der Waals surface area contributed by atoms with Crippen molar-refractivity contribution in [3.63, 3.8) is 0 Å². The molecule has 1 heterocycles. The SMILES string of the molecule is N[C@@H]1CCC[C@H]1CC(=O)N1CCN(CC(=O)Nc2ccc(F)cc2)CC1. The van der Waals surface area contributed by atoms with E-state index in [9.17, 15) is 14.0 Å². The maximum Gasteiger partial charge on any atom is 0.238 e. The van der Waals surface area contributed by atoms with Crippen LogP contribution in [0.15, 0.2) is 24.3 Å². The number of nitrogens with one attached hydrogen (secondary N) is 1. The fraction of sp³-hybridized carbons (Fsp3) is 0.579. The van der Waals surface area contributed by atoms with Crippen molar-refractivity contribution < 1.29 is 14.0 Å². The van der Waals surface area contributed by atoms with Crippen molar-refractivity contribution in [2.45, 2.75) is 31.7 Å². The van der Waals surface area contributed by atoms with E-state index in [2.05, 4.69) is 5.32 Å². The van der Waals surface area contributed by atoms with Crippen molar-refractivity contribution in [3.05, 3.63) is 30.1 Å². The molecule has 7 heteroatoms. The zero-order chi connectivity index (χ0) is 18.5. The first kappa shape index (κ1) is 18.8. The van der Waals surface area contributed by atoms with Crippen molar-refractivity contribution in [3.8, 4) is 0 Å². The summed E-state index contributed by atoms with van der Waals surface area (Å²) in [5.41, 5.74) is 6.64. The summed E-state index contributed by atoms with van der Waals surface area (Å²) in [6, 6.07) is 5.87. The molecule has 2 atom stereocenters. The monoisotopic (exact) mass is 362 g/mol. The van der Waals surface area contributed by atoms with Gasteiger partial charge >= 0.3 is 0 Å². The largest absolute Gasteiger partial charge is 0.340 e. The smallest absolute Gasteiger partial charge is 0.238 e. The zero-order valence-electron chi connectivity index (χ0n) is 15.0. The first-order valence-corrected chi connectivity index (χ1v) is 9.32. The first-order chi connectivity index (χ1) is 12.5. The Kier molecular flexibility index (Phi) is 6.21. The summed E-state index contributed by atoms with van der Waals surface area (Å²) in [7, 11) is 0. The number of amides is 2. The van der Waals surface area contributed by atoms with Crippen LogP contribution in [0.4, 0.5) is 10.1 Å². The molecule has 3 rings (SSSR count). The van der Waals surface area contributed by atoms with Crippen molar-refractivity contribution in [1.82, 2.24) is 9.80 Å². The second kappa shape index (κ2) is 8.60. The summed E-state index contributed by atoms with van der Waals surface area (Å²) in [5, 5.41) is 2.76. The van der Waals surface area contributed by atoms with E-state index < -0.39 is 0 Å². The van der Waals surface area contributed by atoms with Gasteiger partial charge in [0.1, 0.15) is 5.82 Å². The molecule has 3 N–H and O–H groups in total. The Labute approximate surface area is 153 Å². The molecular weight excluding hydrogens is 335 g/mol. The van der Waals surface area contributed by atoms with Gasteiger partial charge in [0.15, 0.2) is 0 Å². The number of piperazine rings is 1. The molecule has 1 saturated carbocycles. The van der Waals surface area contributed by atoms with Gasteiger partial charge in [-0.2, -0.15) is 0 Å². The van der Waals surface area contributed by atoms with Crippen molar-refractivity contribution in [2.24, 2.45) is 11.7 Å². The highest BCUT2D eigenvalue weighted by atomic mass is 19.1. The van der Waals surface area contributed by atoms with E-state index in [4.69, 9.17) is 5.73 Å². The van der Waals surface area contributed by atoms with Crippen LogP contribution in [-0.4, -0.2) is 60.4 Å². The minimum atomic E-state index is -0.331. The van der Waals surface area contributed by atoms with Gasteiger partial charge in [0.25, 0.3) is 0 Å².